The Bertz CT molecular complexity index is 1440. The van der Waals surface area contributed by atoms with Crippen molar-refractivity contribution in [1.29, 1.82) is 0 Å². The highest BCUT2D eigenvalue weighted by Crippen LogP contribution is 2.22. The van der Waals surface area contributed by atoms with E-state index in [1.807, 2.05) is 0 Å². The molecule has 0 unspecified atom stereocenters. The fourth-order valence-corrected chi connectivity index (χ4v) is 5.56. The highest BCUT2D eigenvalue weighted by atomic mass is 32.2. The van der Waals surface area contributed by atoms with Gasteiger partial charge in [0.1, 0.15) is 11.5 Å². The van der Waals surface area contributed by atoms with Gasteiger partial charge in [0.15, 0.2) is 0 Å². The molecule has 0 fully saturated rings. The minimum Gasteiger partial charge on any atom is -0.392 e. The number of carbonyl (C=O) groups is 2. The van der Waals surface area contributed by atoms with Gasteiger partial charge in [-0.2, -0.15) is 4.31 Å². The Labute approximate surface area is 231 Å². The molecule has 0 aliphatic rings. The Morgan fingerprint density at radius 1 is 1.07 bits per heavy atom. The van der Waals surface area contributed by atoms with Crippen molar-refractivity contribution in [3.05, 3.63) is 95.1 Å². The quantitative estimate of drug-likeness (QED) is 0.186. The zero-order valence-corrected chi connectivity index (χ0v) is 22.8. The molecular weight excluding hydrogens is 543 g/mol. The number of halogens is 1. The Hall–Kier alpha value is -3.75. The van der Waals surface area contributed by atoms with E-state index in [1.54, 1.807) is 30.3 Å². The van der Waals surface area contributed by atoms with Crippen molar-refractivity contribution < 1.29 is 37.8 Å². The monoisotopic (exact) mass is 574 g/mol. The molecule has 214 valence electrons. The van der Waals surface area contributed by atoms with Crippen molar-refractivity contribution in [3.63, 3.8) is 0 Å². The molecule has 40 heavy (non-hydrogen) atoms. The first-order chi connectivity index (χ1) is 18.9. The van der Waals surface area contributed by atoms with Crippen LogP contribution in [0.1, 0.15) is 27.2 Å². The van der Waals surface area contributed by atoms with Gasteiger partial charge in [0.25, 0.3) is 11.8 Å². The standard InChI is InChI=1S/C27H31FN4O7S/c1-18-8-9-21(28)14-25(18)40(38,39)32(16-26(35)31(2)37)15-24(34)22(12-19-6-4-3-5-7-19)30-27(36)23-13-20(17-33)10-11-29-23/h3-11,13-14,22,24,33-34,37H,12,15-17H2,1-2H3,(H,30,36)/t22-,24+/m0/s1. The second-order valence-corrected chi connectivity index (χ2v) is 11.1. The summed E-state index contributed by atoms with van der Waals surface area (Å²) in [6, 6.07) is 13.8. The molecule has 1 heterocycles. The van der Waals surface area contributed by atoms with Crippen LogP contribution in [-0.4, -0.2) is 82.3 Å². The predicted molar refractivity (Wildman–Crippen MR) is 142 cm³/mol. The van der Waals surface area contributed by atoms with Gasteiger partial charge in [0.2, 0.25) is 10.0 Å². The zero-order chi connectivity index (χ0) is 29.4. The number of benzene rings is 2. The van der Waals surface area contributed by atoms with E-state index in [0.29, 0.717) is 15.4 Å². The third-order valence-corrected chi connectivity index (χ3v) is 8.10. The number of sulfonamides is 1. The Morgan fingerprint density at radius 3 is 2.42 bits per heavy atom. The van der Waals surface area contributed by atoms with Crippen molar-refractivity contribution in [2.24, 2.45) is 0 Å². The summed E-state index contributed by atoms with van der Waals surface area (Å²) in [7, 11) is -3.54. The van der Waals surface area contributed by atoms with Gasteiger partial charge in [-0.25, -0.2) is 17.9 Å². The van der Waals surface area contributed by atoms with Crippen molar-refractivity contribution in [3.8, 4) is 0 Å². The summed E-state index contributed by atoms with van der Waals surface area (Å²) < 4.78 is 41.8. The second-order valence-electron chi connectivity index (χ2n) is 9.17. The number of hydrogen-bond donors (Lipinski definition) is 4. The maximum Gasteiger partial charge on any atom is 0.270 e. The maximum atomic E-state index is 14.0. The van der Waals surface area contributed by atoms with Crippen LogP contribution >= 0.6 is 0 Å². The Morgan fingerprint density at radius 2 is 1.77 bits per heavy atom. The highest BCUT2D eigenvalue weighted by molar-refractivity contribution is 7.89. The van der Waals surface area contributed by atoms with Gasteiger partial charge in [-0.05, 0) is 54.3 Å². The number of aromatic nitrogens is 1. The number of amides is 2. The van der Waals surface area contributed by atoms with Crippen LogP contribution < -0.4 is 5.32 Å². The van der Waals surface area contributed by atoms with Gasteiger partial charge in [0.05, 0.1) is 30.2 Å². The van der Waals surface area contributed by atoms with Crippen molar-refractivity contribution in [1.82, 2.24) is 19.7 Å². The molecule has 11 nitrogen and oxygen atoms in total. The van der Waals surface area contributed by atoms with E-state index in [-0.39, 0.29) is 29.3 Å². The number of hydrogen-bond acceptors (Lipinski definition) is 8. The summed E-state index contributed by atoms with van der Waals surface area (Å²) in [5.74, 6) is -2.50. The van der Waals surface area contributed by atoms with Gasteiger partial charge in [-0.1, -0.05) is 36.4 Å². The van der Waals surface area contributed by atoms with Crippen LogP contribution in [0.3, 0.4) is 0 Å². The molecule has 2 aromatic carbocycles. The number of nitrogens with one attached hydrogen (secondary N) is 1. The minimum atomic E-state index is -4.55. The van der Waals surface area contributed by atoms with Crippen LogP contribution in [0.15, 0.2) is 71.8 Å². The Balaban J connectivity index is 1.96. The van der Waals surface area contributed by atoms with Gasteiger partial charge in [0, 0.05) is 19.8 Å². The first kappa shape index (κ1) is 30.8. The van der Waals surface area contributed by atoms with E-state index < -0.39 is 57.8 Å². The number of aliphatic hydroxyl groups is 2. The number of nitrogens with zero attached hydrogens (tertiary/aromatic N) is 3. The molecule has 0 radical (unpaired) electrons. The summed E-state index contributed by atoms with van der Waals surface area (Å²) in [6.45, 7) is -0.417. The predicted octanol–water partition coefficient (Wildman–Crippen LogP) is 1.26. The van der Waals surface area contributed by atoms with Crippen molar-refractivity contribution in [2.75, 3.05) is 20.1 Å². The summed E-state index contributed by atoms with van der Waals surface area (Å²) in [4.78, 5) is 29.0. The van der Waals surface area contributed by atoms with Gasteiger partial charge in [-0.3, -0.25) is 19.8 Å². The van der Waals surface area contributed by atoms with Crippen molar-refractivity contribution >= 4 is 21.8 Å². The highest BCUT2D eigenvalue weighted by Gasteiger charge is 2.34. The second kappa shape index (κ2) is 13.5. The van der Waals surface area contributed by atoms with Gasteiger partial charge in [-0.15, -0.1) is 0 Å². The van der Waals surface area contributed by atoms with E-state index >= 15 is 0 Å². The fourth-order valence-electron chi connectivity index (χ4n) is 3.92. The molecule has 0 saturated heterocycles. The number of likely N-dealkylation sites (N-methyl/N-ethyl adjacent to an activating group) is 1. The Kier molecular flexibility index (Phi) is 10.4. The van der Waals surface area contributed by atoms with Crippen LogP contribution in [0.5, 0.6) is 0 Å². The van der Waals surface area contributed by atoms with E-state index in [1.165, 1.54) is 31.3 Å². The SMILES string of the molecule is Cc1ccc(F)cc1S(=O)(=O)N(CC(=O)N(C)O)C[C@@H](O)[C@H](Cc1ccccc1)NC(=O)c1cc(CO)ccn1. The lowest BCUT2D eigenvalue weighted by Gasteiger charge is -2.30. The summed E-state index contributed by atoms with van der Waals surface area (Å²) in [5, 5.41) is 33.1. The van der Waals surface area contributed by atoms with Crippen LogP contribution in [0, 0.1) is 12.7 Å². The summed E-state index contributed by atoms with van der Waals surface area (Å²) >= 11 is 0. The number of aliphatic hydroxyl groups excluding tert-OH is 2. The molecule has 0 spiro atoms. The van der Waals surface area contributed by atoms with Gasteiger partial charge < -0.3 is 15.5 Å². The van der Waals surface area contributed by atoms with E-state index in [9.17, 15) is 37.8 Å². The molecule has 2 amide bonds. The average Bonchev–Trinajstić information content (AvgIpc) is 2.93. The van der Waals surface area contributed by atoms with E-state index in [0.717, 1.165) is 19.2 Å². The maximum absolute atomic E-state index is 14.0. The molecule has 1 aromatic heterocycles. The van der Waals surface area contributed by atoms with Gasteiger partial charge >= 0.3 is 0 Å². The molecule has 4 N–H and O–H groups in total. The molecule has 3 rings (SSSR count). The molecular formula is C27H31FN4O7S. The van der Waals surface area contributed by atoms with Crippen LogP contribution in [0.25, 0.3) is 0 Å². The number of hydroxylamine groups is 2. The van der Waals surface area contributed by atoms with E-state index in [4.69, 9.17) is 0 Å². The number of rotatable bonds is 12. The first-order valence-electron chi connectivity index (χ1n) is 12.2. The van der Waals surface area contributed by atoms with Crippen LogP contribution in [-0.2, 0) is 27.8 Å². The number of aryl methyl sites for hydroxylation is 1. The lowest BCUT2D eigenvalue weighted by molar-refractivity contribution is -0.159. The average molecular weight is 575 g/mol. The molecule has 0 aliphatic heterocycles. The normalized spacial score (nSPS) is 13.1. The van der Waals surface area contributed by atoms with Crippen LogP contribution in [0.4, 0.5) is 4.39 Å². The summed E-state index contributed by atoms with van der Waals surface area (Å²) in [6.07, 6.45) is -0.144. The van der Waals surface area contributed by atoms with Crippen molar-refractivity contribution in [2.45, 2.75) is 37.0 Å². The third kappa shape index (κ3) is 7.90. The molecule has 0 bridgehead atoms. The third-order valence-electron chi connectivity index (χ3n) is 6.15. The first-order valence-corrected chi connectivity index (χ1v) is 13.7. The molecule has 0 saturated carbocycles. The number of pyridine rings is 1. The van der Waals surface area contributed by atoms with Crippen LogP contribution in [0.2, 0.25) is 0 Å². The molecule has 3 aromatic rings. The summed E-state index contributed by atoms with van der Waals surface area (Å²) in [5.41, 5.74) is 1.32. The molecule has 0 aliphatic carbocycles. The lowest BCUT2D eigenvalue weighted by atomic mass is 10.0. The topological polar surface area (TPSA) is 160 Å². The molecule has 2 atom stereocenters. The minimum absolute atomic E-state index is 0.0336. The zero-order valence-electron chi connectivity index (χ0n) is 21.9. The smallest absolute Gasteiger partial charge is 0.270 e. The fraction of sp³-hybridized carbons (Fsp3) is 0.296. The largest absolute Gasteiger partial charge is 0.392 e. The number of carbonyl (C=O) groups excluding carboxylic acids is 2. The molecule has 13 heteroatoms. The van der Waals surface area contributed by atoms with E-state index in [2.05, 4.69) is 10.3 Å². The lowest BCUT2D eigenvalue weighted by Crippen LogP contribution is -2.52.